The number of β-amino-alcohol motifs (C(OH)–C–C–N with tert-alkyl or cyclic N) is 1. The molecule has 2 aliphatic rings. The standard InChI is InChI=1S/C26H30N4O/c31-25-20-28(18-21-9-11-23(12-10-21)22-6-2-1-3-7-22)19-24(25)29-14-16-30(17-15-29)26-8-4-5-13-27-26/h1-13,24-25,31H,14-20H2/t24-,25-/m0/s1. The molecule has 5 rings (SSSR count). The average molecular weight is 415 g/mol. The maximum absolute atomic E-state index is 10.8. The Kier molecular flexibility index (Phi) is 5.98. The first-order chi connectivity index (χ1) is 15.3. The summed E-state index contributed by atoms with van der Waals surface area (Å²) in [6, 6.07) is 25.6. The first-order valence-electron chi connectivity index (χ1n) is 11.2. The Morgan fingerprint density at radius 2 is 1.48 bits per heavy atom. The quantitative estimate of drug-likeness (QED) is 0.695. The van der Waals surface area contributed by atoms with Gasteiger partial charge in [0, 0.05) is 58.1 Å². The second kappa shape index (κ2) is 9.18. The molecular formula is C26H30N4O. The number of aromatic nitrogens is 1. The van der Waals surface area contributed by atoms with E-state index >= 15 is 0 Å². The third-order valence-corrected chi connectivity index (χ3v) is 6.56. The van der Waals surface area contributed by atoms with Crippen molar-refractivity contribution >= 4 is 5.82 Å². The van der Waals surface area contributed by atoms with E-state index in [1.165, 1.54) is 16.7 Å². The first kappa shape index (κ1) is 20.2. The Morgan fingerprint density at radius 3 is 2.19 bits per heavy atom. The molecule has 2 atom stereocenters. The minimum absolute atomic E-state index is 0.217. The van der Waals surface area contributed by atoms with E-state index in [9.17, 15) is 5.11 Å². The number of benzene rings is 2. The van der Waals surface area contributed by atoms with Crippen LogP contribution in [0.5, 0.6) is 0 Å². The van der Waals surface area contributed by atoms with Gasteiger partial charge in [0.25, 0.3) is 0 Å². The van der Waals surface area contributed by atoms with Crippen LogP contribution in [-0.2, 0) is 6.54 Å². The summed E-state index contributed by atoms with van der Waals surface area (Å²) in [6.07, 6.45) is 1.57. The van der Waals surface area contributed by atoms with Crippen LogP contribution < -0.4 is 4.90 Å². The number of hydrogen-bond acceptors (Lipinski definition) is 5. The van der Waals surface area contributed by atoms with Crippen molar-refractivity contribution in [1.29, 1.82) is 0 Å². The topological polar surface area (TPSA) is 42.8 Å². The van der Waals surface area contributed by atoms with Crippen molar-refractivity contribution in [2.45, 2.75) is 18.7 Å². The molecule has 0 unspecified atom stereocenters. The minimum Gasteiger partial charge on any atom is -0.390 e. The summed E-state index contributed by atoms with van der Waals surface area (Å²) in [6.45, 7) is 6.41. The van der Waals surface area contributed by atoms with Crippen LogP contribution >= 0.6 is 0 Å². The predicted octanol–water partition coefficient (Wildman–Crippen LogP) is 3.12. The lowest BCUT2D eigenvalue weighted by Crippen LogP contribution is -2.53. The predicted molar refractivity (Wildman–Crippen MR) is 125 cm³/mol. The number of rotatable bonds is 5. The van der Waals surface area contributed by atoms with Crippen molar-refractivity contribution in [1.82, 2.24) is 14.8 Å². The fourth-order valence-corrected chi connectivity index (χ4v) is 4.85. The Morgan fingerprint density at radius 1 is 0.774 bits per heavy atom. The molecule has 5 heteroatoms. The van der Waals surface area contributed by atoms with Gasteiger partial charge in [0.15, 0.2) is 0 Å². The number of pyridine rings is 1. The summed E-state index contributed by atoms with van der Waals surface area (Å²) in [5, 5.41) is 10.8. The normalized spacial score (nSPS) is 22.7. The van der Waals surface area contributed by atoms with E-state index in [-0.39, 0.29) is 12.1 Å². The number of nitrogens with zero attached hydrogens (tertiary/aromatic N) is 4. The molecular weight excluding hydrogens is 384 g/mol. The van der Waals surface area contributed by atoms with Crippen molar-refractivity contribution < 1.29 is 5.11 Å². The molecule has 2 aliphatic heterocycles. The zero-order valence-corrected chi connectivity index (χ0v) is 17.8. The van der Waals surface area contributed by atoms with Gasteiger partial charge < -0.3 is 10.0 Å². The fraction of sp³-hybridized carbons (Fsp3) is 0.346. The molecule has 5 nitrogen and oxygen atoms in total. The van der Waals surface area contributed by atoms with E-state index < -0.39 is 0 Å². The van der Waals surface area contributed by atoms with E-state index in [1.807, 2.05) is 24.4 Å². The zero-order valence-electron chi connectivity index (χ0n) is 17.8. The van der Waals surface area contributed by atoms with Crippen LogP contribution in [0.4, 0.5) is 5.82 Å². The number of piperazine rings is 1. The van der Waals surface area contributed by atoms with Crippen molar-refractivity contribution in [3.8, 4) is 11.1 Å². The molecule has 2 saturated heterocycles. The molecule has 31 heavy (non-hydrogen) atoms. The third-order valence-electron chi connectivity index (χ3n) is 6.56. The molecule has 2 aromatic carbocycles. The molecule has 0 spiro atoms. The molecule has 3 heterocycles. The summed E-state index contributed by atoms with van der Waals surface area (Å²) in [5.74, 6) is 1.05. The van der Waals surface area contributed by atoms with Crippen LogP contribution in [0.1, 0.15) is 5.56 Å². The summed E-state index contributed by atoms with van der Waals surface area (Å²) in [5.41, 5.74) is 3.79. The number of likely N-dealkylation sites (tertiary alicyclic amines) is 1. The zero-order chi connectivity index (χ0) is 21.0. The highest BCUT2D eigenvalue weighted by Gasteiger charge is 2.36. The van der Waals surface area contributed by atoms with Crippen LogP contribution in [0.25, 0.3) is 11.1 Å². The molecule has 2 fully saturated rings. The largest absolute Gasteiger partial charge is 0.390 e. The molecule has 0 saturated carbocycles. The molecule has 0 bridgehead atoms. The fourth-order valence-electron chi connectivity index (χ4n) is 4.85. The average Bonchev–Trinajstić information content (AvgIpc) is 3.20. The van der Waals surface area contributed by atoms with Crippen LogP contribution in [0.3, 0.4) is 0 Å². The highest BCUT2D eigenvalue weighted by atomic mass is 16.3. The summed E-state index contributed by atoms with van der Waals surface area (Å²) in [7, 11) is 0. The summed E-state index contributed by atoms with van der Waals surface area (Å²) >= 11 is 0. The van der Waals surface area contributed by atoms with E-state index in [2.05, 4.69) is 74.3 Å². The van der Waals surface area contributed by atoms with E-state index in [4.69, 9.17) is 0 Å². The summed E-state index contributed by atoms with van der Waals surface area (Å²) in [4.78, 5) is 11.7. The summed E-state index contributed by atoms with van der Waals surface area (Å²) < 4.78 is 0. The second-order valence-electron chi connectivity index (χ2n) is 8.60. The lowest BCUT2D eigenvalue weighted by molar-refractivity contribution is 0.0790. The van der Waals surface area contributed by atoms with Gasteiger partial charge in [-0.3, -0.25) is 9.80 Å². The van der Waals surface area contributed by atoms with Crippen LogP contribution in [0, 0.1) is 0 Å². The van der Waals surface area contributed by atoms with Gasteiger partial charge in [-0.05, 0) is 28.8 Å². The van der Waals surface area contributed by atoms with Gasteiger partial charge in [-0.15, -0.1) is 0 Å². The maximum Gasteiger partial charge on any atom is 0.128 e. The number of hydrogen-bond donors (Lipinski definition) is 1. The van der Waals surface area contributed by atoms with E-state index in [1.54, 1.807) is 0 Å². The molecule has 160 valence electrons. The van der Waals surface area contributed by atoms with Crippen LogP contribution in [-0.4, -0.2) is 71.3 Å². The maximum atomic E-state index is 10.8. The molecule has 1 aromatic heterocycles. The van der Waals surface area contributed by atoms with Gasteiger partial charge in [0.2, 0.25) is 0 Å². The Balaban J connectivity index is 1.16. The second-order valence-corrected chi connectivity index (χ2v) is 8.60. The SMILES string of the molecule is O[C@H]1CN(Cc2ccc(-c3ccccc3)cc2)C[C@@H]1N1CCN(c2ccccn2)CC1. The van der Waals surface area contributed by atoms with Gasteiger partial charge in [0.05, 0.1) is 6.10 Å². The Bertz CT molecular complexity index is 956. The third kappa shape index (κ3) is 4.64. The monoisotopic (exact) mass is 414 g/mol. The lowest BCUT2D eigenvalue weighted by Gasteiger charge is -2.39. The van der Waals surface area contributed by atoms with Crippen molar-refractivity contribution in [3.05, 3.63) is 84.6 Å². The van der Waals surface area contributed by atoms with Gasteiger partial charge >= 0.3 is 0 Å². The molecule has 0 radical (unpaired) electrons. The Hall–Kier alpha value is -2.73. The number of anilines is 1. The highest BCUT2D eigenvalue weighted by molar-refractivity contribution is 5.63. The molecule has 0 aliphatic carbocycles. The first-order valence-corrected chi connectivity index (χ1v) is 11.2. The van der Waals surface area contributed by atoms with Crippen molar-refractivity contribution in [2.24, 2.45) is 0 Å². The van der Waals surface area contributed by atoms with E-state index in [0.29, 0.717) is 0 Å². The smallest absolute Gasteiger partial charge is 0.128 e. The minimum atomic E-state index is -0.287. The molecule has 3 aromatic rings. The van der Waals surface area contributed by atoms with Gasteiger partial charge in [-0.2, -0.15) is 0 Å². The number of aliphatic hydroxyl groups is 1. The van der Waals surface area contributed by atoms with Crippen molar-refractivity contribution in [2.75, 3.05) is 44.2 Å². The number of aliphatic hydroxyl groups excluding tert-OH is 1. The highest BCUT2D eigenvalue weighted by Crippen LogP contribution is 2.23. The Labute approximate surface area is 184 Å². The molecule has 1 N–H and O–H groups in total. The lowest BCUT2D eigenvalue weighted by atomic mass is 10.0. The van der Waals surface area contributed by atoms with Crippen LogP contribution in [0.2, 0.25) is 0 Å². The molecule has 0 amide bonds. The van der Waals surface area contributed by atoms with E-state index in [0.717, 1.165) is 51.6 Å². The van der Waals surface area contributed by atoms with Gasteiger partial charge in [-0.25, -0.2) is 4.98 Å². The van der Waals surface area contributed by atoms with Crippen LogP contribution in [0.15, 0.2) is 79.0 Å². The van der Waals surface area contributed by atoms with Crippen molar-refractivity contribution in [3.63, 3.8) is 0 Å². The van der Waals surface area contributed by atoms with Gasteiger partial charge in [0.1, 0.15) is 5.82 Å². The van der Waals surface area contributed by atoms with Gasteiger partial charge in [-0.1, -0.05) is 60.7 Å².